The van der Waals surface area contributed by atoms with Gasteiger partial charge in [-0.05, 0) is 43.0 Å². The zero-order valence-electron chi connectivity index (χ0n) is 16.7. The van der Waals surface area contributed by atoms with Crippen LogP contribution in [0.2, 0.25) is 0 Å². The standard InChI is InChI=1S/C26H31N/c1-6-10-13-15-24-18-19-25(22(5)27-20-12-8-3)21-26(24)17-16-23(9-4)14-11-7-2/h6-7,9-11,13-14,18-19,21,27H,1,4-5,8,12,15,20H2,2-3H3/b11-7-,13-10-,23-14+. The third kappa shape index (κ3) is 8.29. The summed E-state index contributed by atoms with van der Waals surface area (Å²) in [7, 11) is 0. The van der Waals surface area contributed by atoms with E-state index in [0.717, 1.165) is 48.2 Å². The van der Waals surface area contributed by atoms with E-state index in [4.69, 9.17) is 0 Å². The molecule has 0 aliphatic carbocycles. The monoisotopic (exact) mass is 357 g/mol. The van der Waals surface area contributed by atoms with Crippen molar-refractivity contribution in [3.05, 3.63) is 103 Å². The van der Waals surface area contributed by atoms with E-state index in [1.807, 2.05) is 31.2 Å². The summed E-state index contributed by atoms with van der Waals surface area (Å²) in [6.45, 7) is 16.8. The van der Waals surface area contributed by atoms with Crippen LogP contribution in [0.15, 0.2) is 86.0 Å². The first-order chi connectivity index (χ1) is 13.2. The number of allylic oxidation sites excluding steroid dienone is 8. The van der Waals surface area contributed by atoms with Crippen LogP contribution in [0.1, 0.15) is 43.4 Å². The van der Waals surface area contributed by atoms with Crippen LogP contribution < -0.4 is 5.32 Å². The highest BCUT2D eigenvalue weighted by Crippen LogP contribution is 2.17. The van der Waals surface area contributed by atoms with E-state index in [0.29, 0.717) is 0 Å². The summed E-state index contributed by atoms with van der Waals surface area (Å²) in [6, 6.07) is 6.35. The minimum Gasteiger partial charge on any atom is -0.385 e. The molecule has 0 atom stereocenters. The molecule has 140 valence electrons. The highest BCUT2D eigenvalue weighted by atomic mass is 14.9. The van der Waals surface area contributed by atoms with Crippen molar-refractivity contribution in [3.63, 3.8) is 0 Å². The van der Waals surface area contributed by atoms with Crippen molar-refractivity contribution in [1.29, 1.82) is 0 Å². The van der Waals surface area contributed by atoms with Gasteiger partial charge in [-0.3, -0.25) is 0 Å². The molecule has 27 heavy (non-hydrogen) atoms. The van der Waals surface area contributed by atoms with E-state index in [1.54, 1.807) is 12.2 Å². The van der Waals surface area contributed by atoms with Crippen molar-refractivity contribution in [2.24, 2.45) is 0 Å². The van der Waals surface area contributed by atoms with Crippen LogP contribution in [0.4, 0.5) is 0 Å². The number of hydrogen-bond acceptors (Lipinski definition) is 1. The summed E-state index contributed by atoms with van der Waals surface area (Å²) in [5.41, 5.74) is 5.09. The van der Waals surface area contributed by atoms with Gasteiger partial charge in [-0.15, -0.1) is 0 Å². The van der Waals surface area contributed by atoms with Crippen molar-refractivity contribution < 1.29 is 0 Å². The van der Waals surface area contributed by atoms with Gasteiger partial charge >= 0.3 is 0 Å². The van der Waals surface area contributed by atoms with E-state index in [2.05, 4.69) is 68.1 Å². The molecule has 1 aromatic rings. The van der Waals surface area contributed by atoms with Crippen LogP contribution in [-0.2, 0) is 6.42 Å². The van der Waals surface area contributed by atoms with Crippen LogP contribution in [0.5, 0.6) is 0 Å². The van der Waals surface area contributed by atoms with Crippen LogP contribution in [-0.4, -0.2) is 6.54 Å². The predicted molar refractivity (Wildman–Crippen MR) is 121 cm³/mol. The molecule has 0 unspecified atom stereocenters. The molecule has 0 spiro atoms. The van der Waals surface area contributed by atoms with Crippen molar-refractivity contribution >= 4 is 5.70 Å². The van der Waals surface area contributed by atoms with Gasteiger partial charge in [0.1, 0.15) is 0 Å². The second kappa shape index (κ2) is 13.3. The van der Waals surface area contributed by atoms with E-state index < -0.39 is 0 Å². The number of hydrogen-bond donors (Lipinski definition) is 1. The second-order valence-electron chi connectivity index (χ2n) is 6.10. The van der Waals surface area contributed by atoms with Crippen LogP contribution in [0.3, 0.4) is 0 Å². The summed E-state index contributed by atoms with van der Waals surface area (Å²) in [6.07, 6.45) is 16.6. The number of benzene rings is 1. The van der Waals surface area contributed by atoms with E-state index in [9.17, 15) is 0 Å². The summed E-state index contributed by atoms with van der Waals surface area (Å²) in [4.78, 5) is 0. The number of unbranched alkanes of at least 4 members (excludes halogenated alkanes) is 1. The van der Waals surface area contributed by atoms with Crippen molar-refractivity contribution in [2.45, 2.75) is 33.1 Å². The van der Waals surface area contributed by atoms with Gasteiger partial charge in [0.05, 0.1) is 0 Å². The van der Waals surface area contributed by atoms with Gasteiger partial charge in [-0.1, -0.05) is 93.5 Å². The minimum atomic E-state index is 0.814. The maximum absolute atomic E-state index is 4.17. The quantitative estimate of drug-likeness (QED) is 0.291. The summed E-state index contributed by atoms with van der Waals surface area (Å²) < 4.78 is 0. The lowest BCUT2D eigenvalue weighted by Crippen LogP contribution is -2.12. The molecule has 0 aliphatic rings. The minimum absolute atomic E-state index is 0.814. The maximum Gasteiger partial charge on any atom is 0.0341 e. The molecule has 0 radical (unpaired) electrons. The smallest absolute Gasteiger partial charge is 0.0341 e. The molecular formula is C26H31N. The Balaban J connectivity index is 3.19. The third-order valence-electron chi connectivity index (χ3n) is 3.97. The lowest BCUT2D eigenvalue weighted by Gasteiger charge is -2.11. The average molecular weight is 358 g/mol. The molecule has 1 nitrogen and oxygen atoms in total. The Morgan fingerprint density at radius 2 is 2.04 bits per heavy atom. The lowest BCUT2D eigenvalue weighted by molar-refractivity contribution is 0.745. The van der Waals surface area contributed by atoms with Crippen LogP contribution >= 0.6 is 0 Å². The van der Waals surface area contributed by atoms with Crippen LogP contribution in [0.25, 0.3) is 5.70 Å². The van der Waals surface area contributed by atoms with Crippen molar-refractivity contribution in [2.75, 3.05) is 6.54 Å². The molecule has 0 aromatic heterocycles. The topological polar surface area (TPSA) is 12.0 Å². The second-order valence-corrected chi connectivity index (χ2v) is 6.10. The van der Waals surface area contributed by atoms with E-state index in [-0.39, 0.29) is 0 Å². The molecule has 0 saturated heterocycles. The Hall–Kier alpha value is -2.98. The molecule has 0 heterocycles. The highest BCUT2D eigenvalue weighted by Gasteiger charge is 2.04. The van der Waals surface area contributed by atoms with Gasteiger partial charge < -0.3 is 5.32 Å². The molecule has 0 bridgehead atoms. The van der Waals surface area contributed by atoms with Gasteiger partial charge in [-0.2, -0.15) is 0 Å². The zero-order valence-corrected chi connectivity index (χ0v) is 16.7. The molecule has 1 rings (SSSR count). The van der Waals surface area contributed by atoms with E-state index >= 15 is 0 Å². The highest BCUT2D eigenvalue weighted by molar-refractivity contribution is 5.65. The fraction of sp³-hybridized carbons (Fsp3) is 0.231. The number of nitrogens with one attached hydrogen (secondary N) is 1. The molecule has 0 aliphatic heterocycles. The molecule has 0 amide bonds. The predicted octanol–water partition coefficient (Wildman–Crippen LogP) is 6.37. The van der Waals surface area contributed by atoms with Gasteiger partial charge in [0, 0.05) is 23.4 Å². The number of rotatable bonds is 10. The van der Waals surface area contributed by atoms with Gasteiger partial charge in [0.15, 0.2) is 0 Å². The lowest BCUT2D eigenvalue weighted by atomic mass is 9.99. The van der Waals surface area contributed by atoms with Gasteiger partial charge in [-0.25, -0.2) is 0 Å². The van der Waals surface area contributed by atoms with Gasteiger partial charge in [0.25, 0.3) is 0 Å². The first-order valence-corrected chi connectivity index (χ1v) is 9.47. The summed E-state index contributed by atoms with van der Waals surface area (Å²) in [5.74, 6) is 6.53. The van der Waals surface area contributed by atoms with Crippen LogP contribution in [0, 0.1) is 11.8 Å². The Labute approximate surface area is 165 Å². The fourth-order valence-corrected chi connectivity index (χ4v) is 2.37. The SMILES string of the molecule is C=C/C=C\Cc1ccc(C(=C)NCCCC)cc1C#C/C(C=C)=C/C=C\C. The molecule has 0 saturated carbocycles. The molecule has 1 aromatic carbocycles. The molecular weight excluding hydrogens is 326 g/mol. The summed E-state index contributed by atoms with van der Waals surface area (Å²) >= 11 is 0. The molecule has 0 fully saturated rings. The van der Waals surface area contributed by atoms with Crippen molar-refractivity contribution in [3.8, 4) is 11.8 Å². The molecule has 1 heteroatoms. The first kappa shape index (κ1) is 22.1. The fourth-order valence-electron chi connectivity index (χ4n) is 2.37. The average Bonchev–Trinajstić information content (AvgIpc) is 2.69. The Morgan fingerprint density at radius 3 is 2.70 bits per heavy atom. The summed E-state index contributed by atoms with van der Waals surface area (Å²) in [5, 5.41) is 3.40. The third-order valence-corrected chi connectivity index (χ3v) is 3.97. The molecule has 1 N–H and O–H groups in total. The zero-order chi connectivity index (χ0) is 19.9. The Morgan fingerprint density at radius 1 is 1.22 bits per heavy atom. The first-order valence-electron chi connectivity index (χ1n) is 9.47. The maximum atomic E-state index is 4.17. The van der Waals surface area contributed by atoms with E-state index in [1.165, 1.54) is 5.56 Å². The van der Waals surface area contributed by atoms with Gasteiger partial charge in [0.2, 0.25) is 0 Å². The van der Waals surface area contributed by atoms with Crippen molar-refractivity contribution in [1.82, 2.24) is 5.32 Å². The Bertz CT molecular complexity index is 791. The normalized spacial score (nSPS) is 11.3. The largest absolute Gasteiger partial charge is 0.385 e. The Kier molecular flexibility index (Phi) is 10.8.